The molecular formula is C30H30F3NO. The Kier molecular flexibility index (Phi) is 5.71. The van der Waals surface area contributed by atoms with Crippen LogP contribution in [-0.4, -0.2) is 10.1 Å². The molecule has 35 heavy (non-hydrogen) atoms. The summed E-state index contributed by atoms with van der Waals surface area (Å²) in [5.41, 5.74) is 7.00. The maximum absolute atomic E-state index is 13.9. The third-order valence-electron chi connectivity index (χ3n) is 8.39. The van der Waals surface area contributed by atoms with E-state index in [9.17, 15) is 18.3 Å². The molecule has 1 unspecified atom stereocenters. The summed E-state index contributed by atoms with van der Waals surface area (Å²) < 4.78 is 40.2. The zero-order chi connectivity index (χ0) is 24.2. The molecule has 1 atom stereocenters. The monoisotopic (exact) mass is 477 g/mol. The number of fused-ring (bicyclic) bond motifs is 1. The summed E-state index contributed by atoms with van der Waals surface area (Å²) in [6, 6.07) is 13.0. The zero-order valence-corrected chi connectivity index (χ0v) is 19.7. The Bertz CT molecular complexity index is 1230. The first kappa shape index (κ1) is 22.8. The molecule has 182 valence electrons. The minimum atomic E-state index is -2.50. The molecule has 0 radical (unpaired) electrons. The molecule has 3 aliphatic rings. The van der Waals surface area contributed by atoms with Gasteiger partial charge < -0.3 is 5.11 Å². The number of pyridine rings is 1. The Morgan fingerprint density at radius 3 is 2.29 bits per heavy atom. The topological polar surface area (TPSA) is 33.1 Å². The molecule has 2 aromatic carbocycles. The van der Waals surface area contributed by atoms with Gasteiger partial charge in [0.1, 0.15) is 5.82 Å². The molecule has 3 aromatic rings. The van der Waals surface area contributed by atoms with Crippen molar-refractivity contribution in [1.82, 2.24) is 4.98 Å². The van der Waals surface area contributed by atoms with E-state index >= 15 is 0 Å². The third-order valence-corrected chi connectivity index (χ3v) is 8.39. The largest absolute Gasteiger partial charge is 0.388 e. The number of aliphatic hydroxyl groups excluding tert-OH is 1. The van der Waals surface area contributed by atoms with Crippen LogP contribution in [0.25, 0.3) is 11.1 Å². The van der Waals surface area contributed by atoms with Gasteiger partial charge in [0.05, 0.1) is 6.10 Å². The molecule has 2 nitrogen and oxygen atoms in total. The van der Waals surface area contributed by atoms with Crippen molar-refractivity contribution < 1.29 is 18.3 Å². The van der Waals surface area contributed by atoms with Gasteiger partial charge in [-0.05, 0) is 84.7 Å². The van der Waals surface area contributed by atoms with Crippen molar-refractivity contribution in [3.8, 4) is 11.1 Å². The van der Waals surface area contributed by atoms with Gasteiger partial charge in [0.15, 0.2) is 0 Å². The number of hydrogen-bond acceptors (Lipinski definition) is 2. The summed E-state index contributed by atoms with van der Waals surface area (Å²) in [6.45, 7) is 0. The van der Waals surface area contributed by atoms with Gasteiger partial charge >= 0.3 is 0 Å². The number of hydrogen-bond donors (Lipinski definition) is 1. The maximum atomic E-state index is 13.9. The minimum absolute atomic E-state index is 0.0113. The van der Waals surface area contributed by atoms with Gasteiger partial charge in [-0.3, -0.25) is 4.98 Å². The molecule has 1 N–H and O–H groups in total. The van der Waals surface area contributed by atoms with E-state index in [4.69, 9.17) is 4.98 Å². The Balaban J connectivity index is 1.55. The number of halogens is 3. The summed E-state index contributed by atoms with van der Waals surface area (Å²) in [6.07, 6.45) is 5.84. The molecule has 0 bridgehead atoms. The van der Waals surface area contributed by atoms with E-state index in [0.717, 1.165) is 77.7 Å². The van der Waals surface area contributed by atoms with Gasteiger partial charge in [-0.15, -0.1) is 0 Å². The van der Waals surface area contributed by atoms with E-state index in [1.807, 2.05) is 0 Å². The minimum Gasteiger partial charge on any atom is -0.388 e. The van der Waals surface area contributed by atoms with Crippen LogP contribution in [0.4, 0.5) is 13.2 Å². The van der Waals surface area contributed by atoms with E-state index in [1.54, 1.807) is 24.3 Å². The van der Waals surface area contributed by atoms with Gasteiger partial charge in [0.2, 0.25) is 0 Å². The van der Waals surface area contributed by atoms with Crippen molar-refractivity contribution in [3.63, 3.8) is 0 Å². The predicted molar refractivity (Wildman–Crippen MR) is 130 cm³/mol. The van der Waals surface area contributed by atoms with Crippen LogP contribution in [0.5, 0.6) is 0 Å². The van der Waals surface area contributed by atoms with Crippen molar-refractivity contribution in [2.45, 2.75) is 76.2 Å². The molecule has 1 spiro atoms. The quantitative estimate of drug-likeness (QED) is 0.406. The molecule has 0 aliphatic heterocycles. The predicted octanol–water partition coefficient (Wildman–Crippen LogP) is 7.83. The van der Waals surface area contributed by atoms with Crippen molar-refractivity contribution in [3.05, 3.63) is 88.0 Å². The van der Waals surface area contributed by atoms with Crippen molar-refractivity contribution in [2.75, 3.05) is 0 Å². The van der Waals surface area contributed by atoms with Gasteiger partial charge in [0.25, 0.3) is 6.43 Å². The van der Waals surface area contributed by atoms with Crippen LogP contribution in [0.2, 0.25) is 0 Å². The van der Waals surface area contributed by atoms with Crippen LogP contribution >= 0.6 is 0 Å². The lowest BCUT2D eigenvalue weighted by Gasteiger charge is -2.33. The highest BCUT2D eigenvalue weighted by Gasteiger charge is 2.49. The van der Waals surface area contributed by atoms with Crippen LogP contribution in [0, 0.1) is 11.2 Å². The fourth-order valence-electron chi connectivity index (χ4n) is 6.35. The van der Waals surface area contributed by atoms with Gasteiger partial charge in [-0.2, -0.15) is 0 Å². The Hall–Kier alpha value is -2.66. The van der Waals surface area contributed by atoms with Crippen LogP contribution in [0.1, 0.15) is 97.0 Å². The first-order valence-electron chi connectivity index (χ1n) is 12.8. The fraction of sp³-hybridized carbons (Fsp3) is 0.433. The standard InChI is InChI=1S/C30H30F3NO/c31-22-11-9-19(10-12-22)26-23(15-18-5-7-21(8-6-18)29(32)33)28(20-3-1-2-4-20)34-24-16-30(13-14-30)17-25(35)27(24)26/h5-12,20,25,29,35H,1-4,13-17H2. The highest BCUT2D eigenvalue weighted by Crippen LogP contribution is 2.59. The Morgan fingerprint density at radius 2 is 1.66 bits per heavy atom. The van der Waals surface area contributed by atoms with Gasteiger partial charge in [-0.1, -0.05) is 49.2 Å². The second-order valence-corrected chi connectivity index (χ2v) is 10.8. The number of aromatic nitrogens is 1. The van der Waals surface area contributed by atoms with Crippen molar-refractivity contribution in [2.24, 2.45) is 5.41 Å². The first-order chi connectivity index (χ1) is 16.9. The molecule has 2 saturated carbocycles. The average molecular weight is 478 g/mol. The SMILES string of the molecule is OC1CC2(CC2)Cc2nc(C3CCCC3)c(Cc3ccc(C(F)F)cc3)c(-c3ccc(F)cc3)c21. The Morgan fingerprint density at radius 1 is 0.971 bits per heavy atom. The van der Waals surface area contributed by atoms with Crippen LogP contribution in [0.15, 0.2) is 48.5 Å². The van der Waals surface area contributed by atoms with Crippen LogP contribution in [0.3, 0.4) is 0 Å². The van der Waals surface area contributed by atoms with Crippen molar-refractivity contribution in [1.29, 1.82) is 0 Å². The number of alkyl halides is 2. The molecular weight excluding hydrogens is 447 g/mol. The van der Waals surface area contributed by atoms with Gasteiger partial charge in [-0.25, -0.2) is 13.2 Å². The van der Waals surface area contributed by atoms with Crippen LogP contribution in [-0.2, 0) is 12.8 Å². The normalized spacial score (nSPS) is 21.0. The molecule has 1 heterocycles. The zero-order valence-electron chi connectivity index (χ0n) is 19.7. The number of nitrogens with zero attached hydrogens (tertiary/aromatic N) is 1. The molecule has 2 fully saturated rings. The number of benzene rings is 2. The second kappa shape index (κ2) is 8.77. The Labute approximate surface area is 204 Å². The average Bonchev–Trinajstić information content (AvgIpc) is 3.35. The lowest BCUT2D eigenvalue weighted by Crippen LogP contribution is -2.24. The van der Waals surface area contributed by atoms with E-state index in [2.05, 4.69) is 0 Å². The fourth-order valence-corrected chi connectivity index (χ4v) is 6.35. The molecule has 3 aliphatic carbocycles. The summed E-state index contributed by atoms with van der Waals surface area (Å²) in [7, 11) is 0. The first-order valence-corrected chi connectivity index (χ1v) is 12.8. The summed E-state index contributed by atoms with van der Waals surface area (Å²) in [5, 5.41) is 11.4. The molecule has 5 heteroatoms. The molecule has 6 rings (SSSR count). The lowest BCUT2D eigenvalue weighted by atomic mass is 9.76. The van der Waals surface area contributed by atoms with E-state index in [1.165, 1.54) is 37.1 Å². The summed E-state index contributed by atoms with van der Waals surface area (Å²) in [5.74, 6) is 0.0540. The molecule has 0 amide bonds. The smallest absolute Gasteiger partial charge is 0.263 e. The molecule has 1 aromatic heterocycles. The van der Waals surface area contributed by atoms with E-state index < -0.39 is 12.5 Å². The maximum Gasteiger partial charge on any atom is 0.263 e. The third kappa shape index (κ3) is 4.29. The van der Waals surface area contributed by atoms with E-state index in [-0.39, 0.29) is 16.8 Å². The van der Waals surface area contributed by atoms with E-state index in [0.29, 0.717) is 12.3 Å². The molecule has 0 saturated heterocycles. The highest BCUT2D eigenvalue weighted by atomic mass is 19.3. The summed E-state index contributed by atoms with van der Waals surface area (Å²) in [4.78, 5) is 5.27. The number of rotatable bonds is 5. The lowest BCUT2D eigenvalue weighted by molar-refractivity contribution is 0.123. The highest BCUT2D eigenvalue weighted by molar-refractivity contribution is 5.74. The van der Waals surface area contributed by atoms with Gasteiger partial charge in [0, 0.05) is 28.4 Å². The number of aliphatic hydroxyl groups is 1. The second-order valence-electron chi connectivity index (χ2n) is 10.8. The van der Waals surface area contributed by atoms with Crippen LogP contribution < -0.4 is 0 Å². The summed E-state index contributed by atoms with van der Waals surface area (Å²) >= 11 is 0. The van der Waals surface area contributed by atoms with Crippen molar-refractivity contribution >= 4 is 0 Å².